The molecule has 2 N–H and O–H groups in total. The highest BCUT2D eigenvalue weighted by molar-refractivity contribution is 6.30. The lowest BCUT2D eigenvalue weighted by Gasteiger charge is -2.23. The van der Waals surface area contributed by atoms with Crippen molar-refractivity contribution in [2.45, 2.75) is 18.9 Å². The molecule has 1 aromatic carbocycles. The number of hydrogen-bond donors (Lipinski definition) is 2. The van der Waals surface area contributed by atoms with E-state index in [2.05, 4.69) is 15.8 Å². The summed E-state index contributed by atoms with van der Waals surface area (Å²) in [5.41, 5.74) is 1.14. The Morgan fingerprint density at radius 3 is 2.82 bits per heavy atom. The van der Waals surface area contributed by atoms with Crippen molar-refractivity contribution in [2.24, 2.45) is 0 Å². The molecule has 0 unspecified atom stereocenters. The van der Waals surface area contributed by atoms with Gasteiger partial charge in [-0.25, -0.2) is 0 Å². The van der Waals surface area contributed by atoms with Gasteiger partial charge in [-0.1, -0.05) is 16.8 Å². The molecule has 1 aliphatic rings. The number of halogens is 2. The first kappa shape index (κ1) is 16.8. The highest BCUT2D eigenvalue weighted by Gasteiger charge is 2.19. The quantitative estimate of drug-likeness (QED) is 0.900. The standard InChI is InChI=1S/C15H16ClN3O2.ClH/c16-11-5-3-10(4-6-11)14-8-13(19-21-14)15(20)18-12-2-1-7-17-9-12;/h3-6,8,12,17H,1-2,7,9H2,(H,18,20);1H/t12-;/m0./s1. The zero-order chi connectivity index (χ0) is 14.7. The van der Waals surface area contributed by atoms with Crippen molar-refractivity contribution in [3.8, 4) is 11.3 Å². The largest absolute Gasteiger partial charge is 0.355 e. The van der Waals surface area contributed by atoms with Gasteiger partial charge in [0.05, 0.1) is 0 Å². The Hall–Kier alpha value is -1.56. The second-order valence-electron chi connectivity index (χ2n) is 5.10. The van der Waals surface area contributed by atoms with Crippen molar-refractivity contribution in [1.29, 1.82) is 0 Å². The zero-order valence-corrected chi connectivity index (χ0v) is 13.4. The van der Waals surface area contributed by atoms with Gasteiger partial charge in [-0.15, -0.1) is 12.4 Å². The molecule has 2 aromatic rings. The molecule has 0 bridgehead atoms. The van der Waals surface area contributed by atoms with Crippen LogP contribution in [0.4, 0.5) is 0 Å². The van der Waals surface area contributed by atoms with Crippen LogP contribution in [0.25, 0.3) is 11.3 Å². The lowest BCUT2D eigenvalue weighted by atomic mass is 10.1. The van der Waals surface area contributed by atoms with Crippen molar-refractivity contribution >= 4 is 29.9 Å². The minimum Gasteiger partial charge on any atom is -0.355 e. The number of nitrogens with one attached hydrogen (secondary N) is 2. The van der Waals surface area contributed by atoms with Crippen LogP contribution in [0, 0.1) is 0 Å². The van der Waals surface area contributed by atoms with E-state index in [9.17, 15) is 4.79 Å². The van der Waals surface area contributed by atoms with Gasteiger partial charge in [0.2, 0.25) is 0 Å². The summed E-state index contributed by atoms with van der Waals surface area (Å²) >= 11 is 5.85. The van der Waals surface area contributed by atoms with E-state index < -0.39 is 0 Å². The molecule has 0 radical (unpaired) electrons. The number of hydrogen-bond acceptors (Lipinski definition) is 4. The van der Waals surface area contributed by atoms with Crippen LogP contribution >= 0.6 is 24.0 Å². The lowest BCUT2D eigenvalue weighted by Crippen LogP contribution is -2.45. The van der Waals surface area contributed by atoms with Gasteiger partial charge in [0.15, 0.2) is 11.5 Å². The zero-order valence-electron chi connectivity index (χ0n) is 11.8. The first-order valence-electron chi connectivity index (χ1n) is 6.96. The summed E-state index contributed by atoms with van der Waals surface area (Å²) in [5, 5.41) is 10.7. The van der Waals surface area contributed by atoms with Crippen LogP contribution in [0.2, 0.25) is 5.02 Å². The van der Waals surface area contributed by atoms with Gasteiger partial charge in [0.1, 0.15) is 0 Å². The van der Waals surface area contributed by atoms with Gasteiger partial charge in [0.25, 0.3) is 5.91 Å². The molecule has 1 aliphatic heterocycles. The molecule has 3 rings (SSSR count). The predicted octanol–water partition coefficient (Wildman–Crippen LogP) is 2.90. The SMILES string of the molecule is Cl.O=C(N[C@H]1CCCNC1)c1cc(-c2ccc(Cl)cc2)on1. The summed E-state index contributed by atoms with van der Waals surface area (Å²) in [7, 11) is 0. The van der Waals surface area contributed by atoms with Crippen molar-refractivity contribution in [3.63, 3.8) is 0 Å². The van der Waals surface area contributed by atoms with Crippen molar-refractivity contribution < 1.29 is 9.32 Å². The Labute approximate surface area is 139 Å². The number of amides is 1. The minimum absolute atomic E-state index is 0. The number of carbonyl (C=O) groups is 1. The molecule has 0 aliphatic carbocycles. The van der Waals surface area contributed by atoms with Gasteiger partial charge >= 0.3 is 0 Å². The summed E-state index contributed by atoms with van der Waals surface area (Å²) < 4.78 is 5.23. The van der Waals surface area contributed by atoms with E-state index in [4.69, 9.17) is 16.1 Å². The van der Waals surface area contributed by atoms with Crippen LogP contribution in [0.3, 0.4) is 0 Å². The third-order valence-corrected chi connectivity index (χ3v) is 3.76. The molecule has 1 saturated heterocycles. The molecule has 1 amide bonds. The van der Waals surface area contributed by atoms with Crippen LogP contribution < -0.4 is 10.6 Å². The molecular formula is C15H17Cl2N3O2. The molecule has 1 fully saturated rings. The van der Waals surface area contributed by atoms with Crippen LogP contribution in [0.15, 0.2) is 34.9 Å². The fraction of sp³-hybridized carbons (Fsp3) is 0.333. The molecule has 5 nitrogen and oxygen atoms in total. The normalized spacial score (nSPS) is 17.6. The number of piperidine rings is 1. The lowest BCUT2D eigenvalue weighted by molar-refractivity contribution is 0.0921. The fourth-order valence-corrected chi connectivity index (χ4v) is 2.49. The second kappa shape index (κ2) is 7.63. The molecule has 118 valence electrons. The maximum Gasteiger partial charge on any atom is 0.273 e. The van der Waals surface area contributed by atoms with Gasteiger partial charge in [-0.05, 0) is 43.7 Å². The third kappa shape index (κ3) is 4.00. The molecule has 0 spiro atoms. The van der Waals surface area contributed by atoms with Crippen LogP contribution in [0.5, 0.6) is 0 Å². The summed E-state index contributed by atoms with van der Waals surface area (Å²) in [5.74, 6) is 0.353. The first-order valence-corrected chi connectivity index (χ1v) is 7.34. The van der Waals surface area contributed by atoms with E-state index >= 15 is 0 Å². The Morgan fingerprint density at radius 2 is 2.14 bits per heavy atom. The number of rotatable bonds is 3. The van der Waals surface area contributed by atoms with Gasteiger partial charge < -0.3 is 15.2 Å². The van der Waals surface area contributed by atoms with E-state index in [1.807, 2.05) is 12.1 Å². The fourth-order valence-electron chi connectivity index (χ4n) is 2.37. The molecule has 7 heteroatoms. The van der Waals surface area contributed by atoms with Crippen LogP contribution in [-0.4, -0.2) is 30.2 Å². The summed E-state index contributed by atoms with van der Waals surface area (Å²) in [6.45, 7) is 1.81. The number of carbonyl (C=O) groups excluding carboxylic acids is 1. The van der Waals surface area contributed by atoms with Crippen molar-refractivity contribution in [2.75, 3.05) is 13.1 Å². The van der Waals surface area contributed by atoms with Crippen molar-refractivity contribution in [3.05, 3.63) is 41.0 Å². The number of aromatic nitrogens is 1. The van der Waals surface area contributed by atoms with Crippen LogP contribution in [0.1, 0.15) is 23.3 Å². The highest BCUT2D eigenvalue weighted by Crippen LogP contribution is 2.22. The van der Waals surface area contributed by atoms with E-state index in [1.54, 1.807) is 18.2 Å². The van der Waals surface area contributed by atoms with E-state index in [-0.39, 0.29) is 24.4 Å². The average molecular weight is 342 g/mol. The van der Waals surface area contributed by atoms with E-state index in [0.29, 0.717) is 16.5 Å². The number of nitrogens with zero attached hydrogens (tertiary/aromatic N) is 1. The average Bonchev–Trinajstić information content (AvgIpc) is 2.99. The third-order valence-electron chi connectivity index (χ3n) is 3.50. The summed E-state index contributed by atoms with van der Waals surface area (Å²) in [6, 6.07) is 9.00. The summed E-state index contributed by atoms with van der Waals surface area (Å²) in [6.07, 6.45) is 2.06. The van der Waals surface area contributed by atoms with E-state index in [1.165, 1.54) is 0 Å². The Morgan fingerprint density at radius 1 is 1.36 bits per heavy atom. The monoisotopic (exact) mass is 341 g/mol. The highest BCUT2D eigenvalue weighted by atomic mass is 35.5. The predicted molar refractivity (Wildman–Crippen MR) is 87.6 cm³/mol. The molecule has 2 heterocycles. The maximum absolute atomic E-state index is 12.1. The molecule has 22 heavy (non-hydrogen) atoms. The first-order chi connectivity index (χ1) is 10.2. The summed E-state index contributed by atoms with van der Waals surface area (Å²) in [4.78, 5) is 12.1. The molecule has 1 aromatic heterocycles. The van der Waals surface area contributed by atoms with Gasteiger partial charge in [0, 0.05) is 29.2 Å². The Kier molecular flexibility index (Phi) is 5.83. The molecule has 0 saturated carbocycles. The van der Waals surface area contributed by atoms with Gasteiger partial charge in [-0.3, -0.25) is 4.79 Å². The number of benzene rings is 1. The molecular weight excluding hydrogens is 325 g/mol. The maximum atomic E-state index is 12.1. The van der Waals surface area contributed by atoms with Gasteiger partial charge in [-0.2, -0.15) is 0 Å². The Balaban J connectivity index is 0.00000176. The Bertz CT molecular complexity index is 622. The smallest absolute Gasteiger partial charge is 0.273 e. The topological polar surface area (TPSA) is 67.2 Å². The van der Waals surface area contributed by atoms with Crippen molar-refractivity contribution in [1.82, 2.24) is 15.8 Å². The van der Waals surface area contributed by atoms with E-state index in [0.717, 1.165) is 31.5 Å². The molecule has 1 atom stereocenters. The minimum atomic E-state index is -0.201. The second-order valence-corrected chi connectivity index (χ2v) is 5.54. The van der Waals surface area contributed by atoms with Crippen LogP contribution in [-0.2, 0) is 0 Å².